The quantitative estimate of drug-likeness (QED) is 0.932. The van der Waals surface area contributed by atoms with Gasteiger partial charge in [-0.2, -0.15) is 0 Å². The zero-order valence-corrected chi connectivity index (χ0v) is 12.6. The van der Waals surface area contributed by atoms with Crippen LogP contribution in [0.5, 0.6) is 0 Å². The standard InChI is InChI=1S/C19H23NO/c1-16-14-20(15-17-8-4-2-5-9-17)13-12-19(16,21)18-10-6-3-7-11-18/h2-11,16,21H,12-15H2,1H3/t16-,19+/m0/s1. The topological polar surface area (TPSA) is 23.5 Å². The molecule has 1 heterocycles. The first-order valence-corrected chi connectivity index (χ1v) is 7.73. The number of likely N-dealkylation sites (tertiary alicyclic amines) is 1. The maximum absolute atomic E-state index is 11.1. The largest absolute Gasteiger partial charge is 0.385 e. The molecule has 2 nitrogen and oxygen atoms in total. The third-order valence-corrected chi connectivity index (χ3v) is 4.68. The molecule has 0 aliphatic carbocycles. The molecule has 1 N–H and O–H groups in total. The lowest BCUT2D eigenvalue weighted by molar-refractivity contribution is -0.0728. The first-order chi connectivity index (χ1) is 10.2. The molecule has 0 aromatic heterocycles. The minimum absolute atomic E-state index is 0.234. The van der Waals surface area contributed by atoms with Crippen LogP contribution in [0.1, 0.15) is 24.5 Å². The lowest BCUT2D eigenvalue weighted by atomic mass is 9.77. The molecular formula is C19H23NO. The summed E-state index contributed by atoms with van der Waals surface area (Å²) in [6.45, 7) is 4.99. The predicted octanol–water partition coefficient (Wildman–Crippen LogP) is 3.42. The van der Waals surface area contributed by atoms with Crippen LogP contribution in [0.3, 0.4) is 0 Å². The second-order valence-corrected chi connectivity index (χ2v) is 6.16. The normalized spacial score (nSPS) is 26.7. The zero-order valence-electron chi connectivity index (χ0n) is 12.6. The first kappa shape index (κ1) is 14.3. The molecule has 0 saturated carbocycles. The Bertz CT molecular complexity index is 569. The van der Waals surface area contributed by atoms with E-state index in [1.54, 1.807) is 0 Å². The third-order valence-electron chi connectivity index (χ3n) is 4.68. The van der Waals surface area contributed by atoms with Gasteiger partial charge in [0.15, 0.2) is 0 Å². The molecular weight excluding hydrogens is 258 g/mol. The number of aliphatic hydroxyl groups is 1. The fourth-order valence-electron chi connectivity index (χ4n) is 3.35. The molecule has 2 aromatic rings. The van der Waals surface area contributed by atoms with Crippen molar-refractivity contribution < 1.29 is 5.11 Å². The highest BCUT2D eigenvalue weighted by atomic mass is 16.3. The van der Waals surface area contributed by atoms with Crippen LogP contribution >= 0.6 is 0 Å². The predicted molar refractivity (Wildman–Crippen MR) is 85.8 cm³/mol. The van der Waals surface area contributed by atoms with Crippen molar-refractivity contribution in [1.29, 1.82) is 0 Å². The van der Waals surface area contributed by atoms with Gasteiger partial charge in [-0.3, -0.25) is 4.90 Å². The van der Waals surface area contributed by atoms with Crippen LogP contribution in [0.25, 0.3) is 0 Å². The second kappa shape index (κ2) is 6.00. The average Bonchev–Trinajstić information content (AvgIpc) is 2.53. The molecule has 0 amide bonds. The van der Waals surface area contributed by atoms with E-state index in [0.29, 0.717) is 0 Å². The van der Waals surface area contributed by atoms with Crippen LogP contribution in [-0.2, 0) is 12.1 Å². The van der Waals surface area contributed by atoms with Crippen molar-refractivity contribution in [1.82, 2.24) is 4.90 Å². The Kier molecular flexibility index (Phi) is 4.09. The maximum Gasteiger partial charge on any atom is 0.0946 e. The summed E-state index contributed by atoms with van der Waals surface area (Å²) in [5.74, 6) is 0.234. The smallest absolute Gasteiger partial charge is 0.0946 e. The van der Waals surface area contributed by atoms with E-state index >= 15 is 0 Å². The Morgan fingerprint density at radius 2 is 1.67 bits per heavy atom. The van der Waals surface area contributed by atoms with E-state index in [4.69, 9.17) is 0 Å². The minimum atomic E-state index is -0.686. The van der Waals surface area contributed by atoms with Crippen molar-refractivity contribution in [2.45, 2.75) is 25.5 Å². The van der Waals surface area contributed by atoms with Crippen molar-refractivity contribution in [2.75, 3.05) is 13.1 Å². The van der Waals surface area contributed by atoms with Crippen LogP contribution in [0, 0.1) is 5.92 Å². The Morgan fingerprint density at radius 1 is 1.05 bits per heavy atom. The number of rotatable bonds is 3. The summed E-state index contributed by atoms with van der Waals surface area (Å²) in [6, 6.07) is 20.7. The molecule has 3 rings (SSSR count). The van der Waals surface area contributed by atoms with Gasteiger partial charge in [-0.15, -0.1) is 0 Å². The van der Waals surface area contributed by atoms with Gasteiger partial charge >= 0.3 is 0 Å². The van der Waals surface area contributed by atoms with Crippen molar-refractivity contribution in [3.63, 3.8) is 0 Å². The number of nitrogens with zero attached hydrogens (tertiary/aromatic N) is 1. The lowest BCUT2D eigenvalue weighted by Crippen LogP contribution is -2.48. The number of hydrogen-bond donors (Lipinski definition) is 1. The Balaban J connectivity index is 1.70. The Labute approximate surface area is 127 Å². The van der Waals surface area contributed by atoms with Gasteiger partial charge in [0.25, 0.3) is 0 Å². The van der Waals surface area contributed by atoms with E-state index in [9.17, 15) is 5.11 Å². The Hall–Kier alpha value is -1.64. The van der Waals surface area contributed by atoms with Crippen LogP contribution in [0.15, 0.2) is 60.7 Å². The van der Waals surface area contributed by atoms with E-state index in [1.165, 1.54) is 5.56 Å². The molecule has 1 saturated heterocycles. The van der Waals surface area contributed by atoms with E-state index in [0.717, 1.165) is 31.6 Å². The van der Waals surface area contributed by atoms with Gasteiger partial charge in [-0.25, -0.2) is 0 Å². The van der Waals surface area contributed by atoms with Crippen molar-refractivity contribution in [3.05, 3.63) is 71.8 Å². The van der Waals surface area contributed by atoms with Crippen molar-refractivity contribution in [2.24, 2.45) is 5.92 Å². The number of hydrogen-bond acceptors (Lipinski definition) is 2. The molecule has 0 unspecified atom stereocenters. The maximum atomic E-state index is 11.1. The van der Waals surface area contributed by atoms with Gasteiger partial charge in [-0.05, 0) is 17.5 Å². The summed E-state index contributed by atoms with van der Waals surface area (Å²) < 4.78 is 0. The van der Waals surface area contributed by atoms with Crippen LogP contribution < -0.4 is 0 Å². The molecule has 0 bridgehead atoms. The number of benzene rings is 2. The van der Waals surface area contributed by atoms with Crippen LogP contribution in [0.4, 0.5) is 0 Å². The molecule has 2 aromatic carbocycles. The molecule has 1 fully saturated rings. The van der Waals surface area contributed by atoms with E-state index in [1.807, 2.05) is 30.3 Å². The molecule has 2 atom stereocenters. The highest BCUT2D eigenvalue weighted by molar-refractivity contribution is 5.24. The summed E-state index contributed by atoms with van der Waals surface area (Å²) in [6.07, 6.45) is 0.797. The van der Waals surface area contributed by atoms with Crippen LogP contribution in [-0.4, -0.2) is 23.1 Å². The molecule has 2 heteroatoms. The lowest BCUT2D eigenvalue weighted by Gasteiger charge is -2.43. The molecule has 110 valence electrons. The summed E-state index contributed by atoms with van der Waals surface area (Å²) in [4.78, 5) is 2.44. The fraction of sp³-hybridized carbons (Fsp3) is 0.368. The van der Waals surface area contributed by atoms with Gasteiger partial charge in [-0.1, -0.05) is 67.6 Å². The van der Waals surface area contributed by atoms with Gasteiger partial charge in [0.1, 0.15) is 0 Å². The van der Waals surface area contributed by atoms with Gasteiger partial charge < -0.3 is 5.11 Å². The van der Waals surface area contributed by atoms with Crippen molar-refractivity contribution >= 4 is 0 Å². The highest BCUT2D eigenvalue weighted by Gasteiger charge is 2.39. The third kappa shape index (κ3) is 3.02. The SMILES string of the molecule is C[C@H]1CN(Cc2ccccc2)CC[C@]1(O)c1ccccc1. The zero-order chi connectivity index (χ0) is 14.7. The Morgan fingerprint density at radius 3 is 2.29 bits per heavy atom. The molecule has 1 aliphatic heterocycles. The van der Waals surface area contributed by atoms with E-state index in [2.05, 4.69) is 42.2 Å². The van der Waals surface area contributed by atoms with E-state index < -0.39 is 5.60 Å². The fourth-order valence-corrected chi connectivity index (χ4v) is 3.35. The summed E-state index contributed by atoms with van der Waals surface area (Å²) in [5.41, 5.74) is 1.71. The van der Waals surface area contributed by atoms with Crippen molar-refractivity contribution in [3.8, 4) is 0 Å². The molecule has 1 aliphatic rings. The summed E-state index contributed by atoms with van der Waals surface area (Å²) >= 11 is 0. The second-order valence-electron chi connectivity index (χ2n) is 6.16. The first-order valence-electron chi connectivity index (χ1n) is 7.73. The van der Waals surface area contributed by atoms with Gasteiger partial charge in [0, 0.05) is 25.6 Å². The molecule has 0 spiro atoms. The molecule has 21 heavy (non-hydrogen) atoms. The summed E-state index contributed by atoms with van der Waals surface area (Å²) in [7, 11) is 0. The number of piperidine rings is 1. The average molecular weight is 281 g/mol. The minimum Gasteiger partial charge on any atom is -0.385 e. The van der Waals surface area contributed by atoms with Crippen LogP contribution in [0.2, 0.25) is 0 Å². The van der Waals surface area contributed by atoms with E-state index in [-0.39, 0.29) is 5.92 Å². The molecule has 0 radical (unpaired) electrons. The summed E-state index contributed by atoms with van der Waals surface area (Å²) in [5, 5.41) is 11.1. The van der Waals surface area contributed by atoms with Gasteiger partial charge in [0.05, 0.1) is 5.60 Å². The van der Waals surface area contributed by atoms with Gasteiger partial charge in [0.2, 0.25) is 0 Å². The monoisotopic (exact) mass is 281 g/mol. The highest BCUT2D eigenvalue weighted by Crippen LogP contribution is 2.37.